The van der Waals surface area contributed by atoms with Gasteiger partial charge in [-0.25, -0.2) is 9.69 Å². The van der Waals surface area contributed by atoms with E-state index < -0.39 is 17.8 Å². The fraction of sp³-hybridized carbons (Fsp3) is 0.192. The molecule has 1 aromatic heterocycles. The number of carbonyl (C=O) groups excluding carboxylic acids is 3. The summed E-state index contributed by atoms with van der Waals surface area (Å²) < 4.78 is 2.94. The number of anilines is 1. The Hall–Kier alpha value is -3.45. The topological polar surface area (TPSA) is 71.4 Å². The molecule has 1 fully saturated rings. The number of rotatable bonds is 4. The standard InChI is InChI=1S/C26H24BrN3O3/c1-5-18-6-8-20(9-7-18)29-16(3)13-19(17(29)4)14-22-24(31)28-26(33)30(25(22)32)21-10-11-23(27)15(2)12-21/h6-14H,5H2,1-4H3,(H,28,31,33)/b22-14+. The van der Waals surface area contributed by atoms with E-state index in [1.54, 1.807) is 24.3 Å². The molecule has 1 aliphatic heterocycles. The lowest BCUT2D eigenvalue weighted by Gasteiger charge is -2.26. The van der Waals surface area contributed by atoms with E-state index in [-0.39, 0.29) is 5.57 Å². The smallest absolute Gasteiger partial charge is 0.318 e. The van der Waals surface area contributed by atoms with Crippen molar-refractivity contribution >= 4 is 45.5 Å². The molecule has 4 amide bonds. The van der Waals surface area contributed by atoms with Gasteiger partial charge in [-0.15, -0.1) is 0 Å². The van der Waals surface area contributed by atoms with Crippen LogP contribution in [-0.2, 0) is 16.0 Å². The van der Waals surface area contributed by atoms with E-state index >= 15 is 0 Å². The average Bonchev–Trinajstić information content (AvgIpc) is 3.06. The van der Waals surface area contributed by atoms with E-state index in [0.29, 0.717) is 5.69 Å². The molecule has 2 aromatic carbocycles. The molecule has 2 heterocycles. The van der Waals surface area contributed by atoms with Gasteiger partial charge < -0.3 is 4.57 Å². The highest BCUT2D eigenvalue weighted by atomic mass is 79.9. The molecule has 0 spiro atoms. The molecule has 6 nitrogen and oxygen atoms in total. The first-order valence-corrected chi connectivity index (χ1v) is 11.5. The third-order valence-corrected chi connectivity index (χ3v) is 6.76. The van der Waals surface area contributed by atoms with Gasteiger partial charge in [0, 0.05) is 21.5 Å². The minimum absolute atomic E-state index is 0.0863. The maximum absolute atomic E-state index is 13.2. The second-order valence-electron chi connectivity index (χ2n) is 8.07. The summed E-state index contributed by atoms with van der Waals surface area (Å²) in [5.74, 6) is -1.35. The largest absolute Gasteiger partial charge is 0.335 e. The second kappa shape index (κ2) is 8.83. The molecule has 0 atom stereocenters. The Labute approximate surface area is 201 Å². The van der Waals surface area contributed by atoms with Crippen LogP contribution >= 0.6 is 15.9 Å². The van der Waals surface area contributed by atoms with Crippen LogP contribution in [0.1, 0.15) is 35.0 Å². The molecule has 0 bridgehead atoms. The van der Waals surface area contributed by atoms with Crippen molar-refractivity contribution in [3.63, 3.8) is 0 Å². The molecule has 33 heavy (non-hydrogen) atoms. The molecule has 1 saturated heterocycles. The highest BCUT2D eigenvalue weighted by molar-refractivity contribution is 9.10. The van der Waals surface area contributed by atoms with Gasteiger partial charge in [0.25, 0.3) is 11.8 Å². The van der Waals surface area contributed by atoms with Crippen molar-refractivity contribution in [1.29, 1.82) is 0 Å². The van der Waals surface area contributed by atoms with Crippen LogP contribution in [-0.4, -0.2) is 22.4 Å². The highest BCUT2D eigenvalue weighted by Gasteiger charge is 2.37. The van der Waals surface area contributed by atoms with Crippen molar-refractivity contribution in [2.24, 2.45) is 0 Å². The molecule has 0 unspecified atom stereocenters. The lowest BCUT2D eigenvalue weighted by atomic mass is 10.1. The number of halogens is 1. The SMILES string of the molecule is CCc1ccc(-n2c(C)cc(/C=C3\C(=O)NC(=O)N(c4ccc(Br)c(C)c4)C3=O)c2C)cc1. The number of urea groups is 1. The predicted molar refractivity (Wildman–Crippen MR) is 133 cm³/mol. The van der Waals surface area contributed by atoms with Crippen molar-refractivity contribution in [1.82, 2.24) is 9.88 Å². The number of hydrogen-bond acceptors (Lipinski definition) is 3. The molecule has 4 rings (SSSR count). The Balaban J connectivity index is 1.74. The Morgan fingerprint density at radius 2 is 1.61 bits per heavy atom. The molecular formula is C26H24BrN3O3. The first kappa shape index (κ1) is 22.7. The number of aryl methyl sites for hydroxylation is 3. The van der Waals surface area contributed by atoms with Crippen LogP contribution in [0.15, 0.2) is 58.6 Å². The summed E-state index contributed by atoms with van der Waals surface area (Å²) in [4.78, 5) is 39.3. The summed E-state index contributed by atoms with van der Waals surface area (Å²) in [5, 5.41) is 2.29. The summed E-state index contributed by atoms with van der Waals surface area (Å²) in [7, 11) is 0. The third-order valence-electron chi connectivity index (χ3n) is 5.87. The number of amides is 4. The minimum atomic E-state index is -0.759. The zero-order valence-corrected chi connectivity index (χ0v) is 20.5. The first-order chi connectivity index (χ1) is 15.7. The van der Waals surface area contributed by atoms with Crippen molar-refractivity contribution in [3.05, 3.63) is 86.7 Å². The van der Waals surface area contributed by atoms with Crippen LogP contribution in [0.2, 0.25) is 0 Å². The summed E-state index contributed by atoms with van der Waals surface area (Å²) in [6, 6.07) is 14.6. The molecule has 7 heteroatoms. The van der Waals surface area contributed by atoms with E-state index in [2.05, 4.69) is 57.0 Å². The first-order valence-electron chi connectivity index (χ1n) is 10.7. The van der Waals surface area contributed by atoms with E-state index in [1.807, 2.05) is 26.8 Å². The van der Waals surface area contributed by atoms with Gasteiger partial charge in [-0.05, 0) is 86.4 Å². The van der Waals surface area contributed by atoms with Gasteiger partial charge in [0.05, 0.1) is 5.69 Å². The molecule has 168 valence electrons. The quantitative estimate of drug-likeness (QED) is 0.381. The number of imide groups is 2. The summed E-state index contributed by atoms with van der Waals surface area (Å²) in [5.41, 5.74) is 6.06. The van der Waals surface area contributed by atoms with Gasteiger partial charge in [0.2, 0.25) is 0 Å². The molecule has 0 aliphatic carbocycles. The van der Waals surface area contributed by atoms with Crippen LogP contribution in [0.4, 0.5) is 10.5 Å². The fourth-order valence-corrected chi connectivity index (χ4v) is 4.27. The van der Waals surface area contributed by atoms with E-state index in [4.69, 9.17) is 0 Å². The third kappa shape index (κ3) is 4.16. The van der Waals surface area contributed by atoms with Crippen LogP contribution in [0.3, 0.4) is 0 Å². The molecule has 1 aliphatic rings. The van der Waals surface area contributed by atoms with Gasteiger partial charge in [-0.2, -0.15) is 0 Å². The van der Waals surface area contributed by atoms with E-state index in [1.165, 1.54) is 5.56 Å². The van der Waals surface area contributed by atoms with Crippen LogP contribution < -0.4 is 10.2 Å². The van der Waals surface area contributed by atoms with Gasteiger partial charge in [0.1, 0.15) is 5.57 Å². The number of barbiturate groups is 1. The predicted octanol–water partition coefficient (Wildman–Crippen LogP) is 5.39. The number of nitrogens with one attached hydrogen (secondary N) is 1. The minimum Gasteiger partial charge on any atom is -0.318 e. The van der Waals surface area contributed by atoms with Gasteiger partial charge in [-0.3, -0.25) is 14.9 Å². The Morgan fingerprint density at radius 3 is 2.24 bits per heavy atom. The number of aromatic nitrogens is 1. The monoisotopic (exact) mass is 505 g/mol. The summed E-state index contributed by atoms with van der Waals surface area (Å²) >= 11 is 3.42. The van der Waals surface area contributed by atoms with Crippen molar-refractivity contribution in [2.45, 2.75) is 34.1 Å². The number of nitrogens with zero attached hydrogens (tertiary/aromatic N) is 2. The zero-order chi connectivity index (χ0) is 23.9. The normalized spacial score (nSPS) is 15.4. The van der Waals surface area contributed by atoms with E-state index in [0.717, 1.165) is 44.0 Å². The average molecular weight is 506 g/mol. The number of carbonyl (C=O) groups is 3. The van der Waals surface area contributed by atoms with Crippen molar-refractivity contribution in [3.8, 4) is 5.69 Å². The highest BCUT2D eigenvalue weighted by Crippen LogP contribution is 2.28. The lowest BCUT2D eigenvalue weighted by molar-refractivity contribution is -0.122. The molecule has 0 radical (unpaired) electrons. The van der Waals surface area contributed by atoms with Gasteiger partial charge in [0.15, 0.2) is 0 Å². The molecule has 0 saturated carbocycles. The lowest BCUT2D eigenvalue weighted by Crippen LogP contribution is -2.54. The van der Waals surface area contributed by atoms with E-state index in [9.17, 15) is 14.4 Å². The Kier molecular flexibility index (Phi) is 6.08. The summed E-state index contributed by atoms with van der Waals surface area (Å²) in [6.07, 6.45) is 2.52. The number of hydrogen-bond donors (Lipinski definition) is 1. The Morgan fingerprint density at radius 1 is 0.939 bits per heavy atom. The van der Waals surface area contributed by atoms with Crippen LogP contribution in [0.5, 0.6) is 0 Å². The van der Waals surface area contributed by atoms with Crippen LogP contribution in [0, 0.1) is 20.8 Å². The Bertz CT molecular complexity index is 1320. The molecular weight excluding hydrogens is 482 g/mol. The van der Waals surface area contributed by atoms with Crippen molar-refractivity contribution in [2.75, 3.05) is 4.90 Å². The molecule has 1 N–H and O–H groups in total. The van der Waals surface area contributed by atoms with Crippen molar-refractivity contribution < 1.29 is 14.4 Å². The maximum atomic E-state index is 13.2. The number of benzene rings is 2. The fourth-order valence-electron chi connectivity index (χ4n) is 4.03. The van der Waals surface area contributed by atoms with Gasteiger partial charge in [-0.1, -0.05) is 35.0 Å². The second-order valence-corrected chi connectivity index (χ2v) is 8.93. The summed E-state index contributed by atoms with van der Waals surface area (Å²) in [6.45, 7) is 7.90. The molecule has 3 aromatic rings. The van der Waals surface area contributed by atoms with Crippen LogP contribution in [0.25, 0.3) is 11.8 Å². The zero-order valence-electron chi connectivity index (χ0n) is 18.9. The maximum Gasteiger partial charge on any atom is 0.335 e. The van der Waals surface area contributed by atoms with Gasteiger partial charge >= 0.3 is 6.03 Å².